The predicted molar refractivity (Wildman–Crippen MR) is 75.8 cm³/mol. The van der Waals surface area contributed by atoms with Crippen molar-refractivity contribution in [1.29, 1.82) is 0 Å². The molecule has 0 aliphatic rings. The highest BCUT2D eigenvalue weighted by molar-refractivity contribution is 8.13. The first-order valence-electron chi connectivity index (χ1n) is 5.57. The van der Waals surface area contributed by atoms with Crippen LogP contribution in [0.2, 0.25) is 0 Å². The lowest BCUT2D eigenvalue weighted by atomic mass is 10.0. The topological polar surface area (TPSA) is 43.4 Å². The predicted octanol–water partition coefficient (Wildman–Crippen LogP) is 3.28. The Kier molecular flexibility index (Phi) is 5.23. The van der Waals surface area contributed by atoms with Crippen LogP contribution in [0, 0.1) is 13.8 Å². The monoisotopic (exact) mass is 288 g/mol. The third-order valence-electron chi connectivity index (χ3n) is 2.53. The molecule has 0 radical (unpaired) electrons. The molecule has 0 heterocycles. The van der Waals surface area contributed by atoms with E-state index in [4.69, 9.17) is 15.4 Å². The first-order valence-corrected chi connectivity index (χ1v) is 8.05. The van der Waals surface area contributed by atoms with Crippen LogP contribution in [0.25, 0.3) is 6.08 Å². The fourth-order valence-electron chi connectivity index (χ4n) is 1.73. The Labute approximate surface area is 113 Å². The molecule has 0 N–H and O–H groups in total. The van der Waals surface area contributed by atoms with Crippen molar-refractivity contribution >= 4 is 25.8 Å². The molecule has 3 nitrogen and oxygen atoms in total. The highest BCUT2D eigenvalue weighted by Crippen LogP contribution is 2.25. The first kappa shape index (κ1) is 15.1. The van der Waals surface area contributed by atoms with E-state index in [2.05, 4.69) is 6.07 Å². The summed E-state index contributed by atoms with van der Waals surface area (Å²) < 4.78 is 26.9. The molecule has 0 unspecified atom stereocenters. The van der Waals surface area contributed by atoms with Gasteiger partial charge in [0, 0.05) is 16.2 Å². The Bertz CT molecular complexity index is 548. The molecule has 18 heavy (non-hydrogen) atoms. The van der Waals surface area contributed by atoms with Crippen molar-refractivity contribution in [3.63, 3.8) is 0 Å². The zero-order valence-corrected chi connectivity index (χ0v) is 12.3. The minimum Gasteiger partial charge on any atom is -0.496 e. The number of methoxy groups -OCH3 is 1. The van der Waals surface area contributed by atoms with Crippen molar-refractivity contribution in [2.45, 2.75) is 20.3 Å². The molecule has 0 bridgehead atoms. The van der Waals surface area contributed by atoms with Gasteiger partial charge in [-0.2, -0.15) is 0 Å². The maximum absolute atomic E-state index is 10.8. The van der Waals surface area contributed by atoms with Crippen LogP contribution in [-0.2, 0) is 9.05 Å². The fourth-order valence-corrected chi connectivity index (χ4v) is 2.42. The van der Waals surface area contributed by atoms with Crippen molar-refractivity contribution in [2.75, 3.05) is 12.9 Å². The van der Waals surface area contributed by atoms with Crippen LogP contribution in [0.3, 0.4) is 0 Å². The van der Waals surface area contributed by atoms with Crippen LogP contribution >= 0.6 is 10.7 Å². The van der Waals surface area contributed by atoms with Gasteiger partial charge >= 0.3 is 0 Å². The van der Waals surface area contributed by atoms with E-state index in [1.807, 2.05) is 26.0 Å². The third-order valence-corrected chi connectivity index (χ3v) is 3.71. The van der Waals surface area contributed by atoms with Crippen molar-refractivity contribution in [2.24, 2.45) is 0 Å². The molecule has 0 fully saturated rings. The second-order valence-corrected chi connectivity index (χ2v) is 7.03. The van der Waals surface area contributed by atoms with Crippen LogP contribution in [0.15, 0.2) is 18.2 Å². The second-order valence-electron chi connectivity index (χ2n) is 4.13. The lowest BCUT2D eigenvalue weighted by Crippen LogP contribution is -1.95. The molecule has 0 aromatic heterocycles. The number of aryl methyl sites for hydroxylation is 2. The Balaban J connectivity index is 2.87. The first-order chi connectivity index (χ1) is 8.33. The molecule has 0 aliphatic carbocycles. The Morgan fingerprint density at radius 3 is 2.56 bits per heavy atom. The molecule has 1 aromatic rings. The summed E-state index contributed by atoms with van der Waals surface area (Å²) in [5.74, 6) is 0.732. The van der Waals surface area contributed by atoms with Gasteiger partial charge in [-0.05, 0) is 37.5 Å². The minimum absolute atomic E-state index is 0.0573. The van der Waals surface area contributed by atoms with Gasteiger partial charge in [-0.25, -0.2) is 8.42 Å². The normalized spacial score (nSPS) is 12.0. The highest BCUT2D eigenvalue weighted by atomic mass is 35.7. The van der Waals surface area contributed by atoms with Gasteiger partial charge in [-0.3, -0.25) is 0 Å². The van der Waals surface area contributed by atoms with Crippen molar-refractivity contribution in [3.05, 3.63) is 34.9 Å². The highest BCUT2D eigenvalue weighted by Gasteiger charge is 2.05. The van der Waals surface area contributed by atoms with Crippen molar-refractivity contribution < 1.29 is 13.2 Å². The average molecular weight is 289 g/mol. The van der Waals surface area contributed by atoms with E-state index >= 15 is 0 Å². The number of hydrogen-bond acceptors (Lipinski definition) is 3. The number of hydrogen-bond donors (Lipinski definition) is 0. The third kappa shape index (κ3) is 4.70. The summed E-state index contributed by atoms with van der Waals surface area (Å²) in [5.41, 5.74) is 3.19. The molecule has 1 rings (SSSR count). The maximum Gasteiger partial charge on any atom is 0.232 e. The van der Waals surface area contributed by atoms with E-state index in [0.717, 1.165) is 22.4 Å². The summed E-state index contributed by atoms with van der Waals surface area (Å²) in [7, 11) is 3.34. The van der Waals surface area contributed by atoms with Crippen LogP contribution in [0.4, 0.5) is 0 Å². The fraction of sp³-hybridized carbons (Fsp3) is 0.385. The molecular weight excluding hydrogens is 272 g/mol. The molecule has 0 atom stereocenters. The molecule has 0 aliphatic heterocycles. The Morgan fingerprint density at radius 1 is 1.33 bits per heavy atom. The van der Waals surface area contributed by atoms with Gasteiger partial charge in [0.1, 0.15) is 5.75 Å². The van der Waals surface area contributed by atoms with Crippen LogP contribution < -0.4 is 4.74 Å². The van der Waals surface area contributed by atoms with Crippen LogP contribution in [0.5, 0.6) is 5.75 Å². The molecule has 0 saturated carbocycles. The van der Waals surface area contributed by atoms with Gasteiger partial charge in [-0.1, -0.05) is 18.2 Å². The number of rotatable bonds is 5. The summed E-state index contributed by atoms with van der Waals surface area (Å²) in [6.45, 7) is 4.00. The average Bonchev–Trinajstić information content (AvgIpc) is 2.24. The summed E-state index contributed by atoms with van der Waals surface area (Å²) >= 11 is 0. The minimum atomic E-state index is -3.42. The quantitative estimate of drug-likeness (QED) is 0.781. The maximum atomic E-state index is 10.8. The van der Waals surface area contributed by atoms with Gasteiger partial charge in [0.15, 0.2) is 0 Å². The van der Waals surface area contributed by atoms with E-state index in [-0.39, 0.29) is 5.75 Å². The van der Waals surface area contributed by atoms with Gasteiger partial charge in [-0.15, -0.1) is 0 Å². The number of allylic oxidation sites excluding steroid dienone is 1. The molecule has 0 spiro atoms. The lowest BCUT2D eigenvalue weighted by molar-refractivity contribution is 0.413. The van der Waals surface area contributed by atoms with Crippen LogP contribution in [-0.4, -0.2) is 21.3 Å². The molecule has 1 aromatic carbocycles. The molecule has 0 saturated heterocycles. The summed E-state index contributed by atoms with van der Waals surface area (Å²) in [5, 5.41) is 0. The summed E-state index contributed by atoms with van der Waals surface area (Å²) in [6, 6.07) is 4.01. The SMILES string of the molecule is COc1cc(C)cc(C)c1/C=C/CCS(=O)(=O)Cl. The van der Waals surface area contributed by atoms with E-state index in [1.165, 1.54) is 0 Å². The largest absolute Gasteiger partial charge is 0.496 e. The number of benzene rings is 1. The van der Waals surface area contributed by atoms with Gasteiger partial charge < -0.3 is 4.74 Å². The Morgan fingerprint density at radius 2 is 2.00 bits per heavy atom. The molecule has 0 amide bonds. The smallest absolute Gasteiger partial charge is 0.232 e. The van der Waals surface area contributed by atoms with Crippen molar-refractivity contribution in [3.8, 4) is 5.75 Å². The van der Waals surface area contributed by atoms with E-state index < -0.39 is 9.05 Å². The number of halogens is 1. The number of ether oxygens (including phenoxy) is 1. The summed E-state index contributed by atoms with van der Waals surface area (Å²) in [6.07, 6.45) is 4.05. The lowest BCUT2D eigenvalue weighted by Gasteiger charge is -2.09. The zero-order valence-electron chi connectivity index (χ0n) is 10.7. The van der Waals surface area contributed by atoms with Gasteiger partial charge in [0.05, 0.1) is 12.9 Å². The van der Waals surface area contributed by atoms with Crippen LogP contribution in [0.1, 0.15) is 23.1 Å². The molecular formula is C13H17ClO3S. The van der Waals surface area contributed by atoms with Gasteiger partial charge in [0.2, 0.25) is 9.05 Å². The van der Waals surface area contributed by atoms with Gasteiger partial charge in [0.25, 0.3) is 0 Å². The molecule has 100 valence electrons. The van der Waals surface area contributed by atoms with E-state index in [1.54, 1.807) is 13.2 Å². The second kappa shape index (κ2) is 6.25. The van der Waals surface area contributed by atoms with E-state index in [0.29, 0.717) is 6.42 Å². The van der Waals surface area contributed by atoms with E-state index in [9.17, 15) is 8.42 Å². The Hall–Kier alpha value is -1.00. The molecule has 5 heteroatoms. The van der Waals surface area contributed by atoms with Crippen molar-refractivity contribution in [1.82, 2.24) is 0 Å². The zero-order chi connectivity index (χ0) is 13.8. The summed E-state index contributed by atoms with van der Waals surface area (Å²) in [4.78, 5) is 0. The standard InChI is InChI=1S/C13H17ClO3S/c1-10-8-11(2)12(13(9-10)17-3)6-4-5-7-18(14,15)16/h4,6,8-9H,5,7H2,1-3H3/b6-4+.